The van der Waals surface area contributed by atoms with Crippen LogP contribution in [0.1, 0.15) is 11.4 Å². The number of alkyl halides is 3. The Morgan fingerprint density at radius 1 is 1.31 bits per heavy atom. The third-order valence-electron chi connectivity index (χ3n) is 2.12. The lowest BCUT2D eigenvalue weighted by Crippen LogP contribution is -2.14. The van der Waals surface area contributed by atoms with Crippen LogP contribution in [-0.2, 0) is 6.18 Å². The molecule has 3 nitrogen and oxygen atoms in total. The van der Waals surface area contributed by atoms with Crippen LogP contribution in [0.3, 0.4) is 0 Å². The Kier molecular flexibility index (Phi) is 2.22. The number of hydrogen-bond acceptors (Lipinski definition) is 2. The second-order valence-electron chi connectivity index (χ2n) is 3.39. The van der Waals surface area contributed by atoms with Crippen molar-refractivity contribution in [1.29, 1.82) is 0 Å². The molecule has 0 aliphatic carbocycles. The lowest BCUT2D eigenvalue weighted by atomic mass is 10.2. The van der Waals surface area contributed by atoms with Crippen molar-refractivity contribution in [2.45, 2.75) is 13.1 Å². The summed E-state index contributed by atoms with van der Waals surface area (Å²) in [6, 6.07) is 3.47. The van der Waals surface area contributed by atoms with E-state index < -0.39 is 17.3 Å². The fraction of sp³-hybridized carbons (Fsp3) is 0.200. The van der Waals surface area contributed by atoms with E-state index in [-0.39, 0.29) is 11.0 Å². The first-order chi connectivity index (χ1) is 7.38. The molecule has 6 heteroatoms. The molecule has 0 unspecified atom stereocenters. The Balaban J connectivity index is 2.79. The van der Waals surface area contributed by atoms with Gasteiger partial charge >= 0.3 is 6.18 Å². The number of aryl methyl sites for hydroxylation is 1. The largest absolute Gasteiger partial charge is 0.431 e. The third kappa shape index (κ3) is 1.78. The minimum absolute atomic E-state index is 0.0213. The Hall–Kier alpha value is -1.85. The maximum absolute atomic E-state index is 12.4. The van der Waals surface area contributed by atoms with Crippen LogP contribution in [0.4, 0.5) is 13.2 Å². The number of halogens is 3. The zero-order chi connectivity index (χ0) is 11.9. The van der Waals surface area contributed by atoms with Crippen LogP contribution in [0.2, 0.25) is 0 Å². The molecule has 16 heavy (non-hydrogen) atoms. The topological polar surface area (TPSA) is 45.8 Å². The van der Waals surface area contributed by atoms with E-state index in [1.54, 1.807) is 13.0 Å². The van der Waals surface area contributed by atoms with Gasteiger partial charge in [0.05, 0.1) is 5.52 Å². The Bertz CT molecular complexity index is 601. The monoisotopic (exact) mass is 228 g/mol. The van der Waals surface area contributed by atoms with Crippen LogP contribution in [0.25, 0.3) is 11.0 Å². The van der Waals surface area contributed by atoms with Crippen molar-refractivity contribution in [1.82, 2.24) is 9.97 Å². The first-order valence-corrected chi connectivity index (χ1v) is 4.46. The molecule has 2 aromatic heterocycles. The molecule has 84 valence electrons. The van der Waals surface area contributed by atoms with E-state index in [2.05, 4.69) is 9.97 Å². The number of aromatic amines is 1. The van der Waals surface area contributed by atoms with E-state index in [1.807, 2.05) is 0 Å². The zero-order valence-electron chi connectivity index (χ0n) is 8.22. The summed E-state index contributed by atoms with van der Waals surface area (Å²) in [5.41, 5.74) is -1.10. The zero-order valence-corrected chi connectivity index (χ0v) is 8.22. The fourth-order valence-electron chi connectivity index (χ4n) is 1.38. The molecule has 0 bridgehead atoms. The van der Waals surface area contributed by atoms with Gasteiger partial charge in [-0.1, -0.05) is 0 Å². The third-order valence-corrected chi connectivity index (χ3v) is 2.12. The van der Waals surface area contributed by atoms with Crippen LogP contribution in [0.5, 0.6) is 0 Å². The lowest BCUT2D eigenvalue weighted by Gasteiger charge is -2.07. The Labute approximate surface area is 87.9 Å². The molecule has 0 saturated carbocycles. The number of nitrogens with one attached hydrogen (secondary N) is 1. The smallest absolute Gasteiger partial charge is 0.350 e. The van der Waals surface area contributed by atoms with Crippen molar-refractivity contribution < 1.29 is 13.2 Å². The number of aromatic nitrogens is 2. The summed E-state index contributed by atoms with van der Waals surface area (Å²) >= 11 is 0. The van der Waals surface area contributed by atoms with E-state index in [9.17, 15) is 18.0 Å². The van der Waals surface area contributed by atoms with E-state index in [4.69, 9.17) is 0 Å². The maximum Gasteiger partial charge on any atom is 0.431 e. The highest BCUT2D eigenvalue weighted by molar-refractivity contribution is 5.74. The highest BCUT2D eigenvalue weighted by atomic mass is 19.4. The van der Waals surface area contributed by atoms with Crippen LogP contribution in [-0.4, -0.2) is 9.97 Å². The minimum atomic E-state index is -4.56. The van der Waals surface area contributed by atoms with Crippen LogP contribution in [0.15, 0.2) is 23.0 Å². The molecule has 0 fully saturated rings. The summed E-state index contributed by atoms with van der Waals surface area (Å²) < 4.78 is 37.2. The van der Waals surface area contributed by atoms with E-state index >= 15 is 0 Å². The van der Waals surface area contributed by atoms with E-state index in [1.165, 1.54) is 6.07 Å². The summed E-state index contributed by atoms with van der Waals surface area (Å²) in [6.07, 6.45) is -4.56. The van der Waals surface area contributed by atoms with Crippen molar-refractivity contribution in [3.05, 3.63) is 39.8 Å². The van der Waals surface area contributed by atoms with E-state index in [0.717, 1.165) is 0 Å². The highest BCUT2D eigenvalue weighted by Crippen LogP contribution is 2.27. The van der Waals surface area contributed by atoms with Crippen LogP contribution >= 0.6 is 0 Å². The van der Waals surface area contributed by atoms with Gasteiger partial charge in [0.25, 0.3) is 0 Å². The van der Waals surface area contributed by atoms with Gasteiger partial charge in [-0.25, -0.2) is 4.98 Å². The molecule has 0 radical (unpaired) electrons. The molecule has 0 aliphatic heterocycles. The van der Waals surface area contributed by atoms with Crippen molar-refractivity contribution in [3.63, 3.8) is 0 Å². The summed E-state index contributed by atoms with van der Waals surface area (Å²) in [4.78, 5) is 17.5. The van der Waals surface area contributed by atoms with Crippen molar-refractivity contribution >= 4 is 11.0 Å². The molecule has 0 saturated heterocycles. The molecule has 0 atom stereocenters. The Morgan fingerprint density at radius 3 is 2.62 bits per heavy atom. The van der Waals surface area contributed by atoms with Crippen LogP contribution < -0.4 is 5.43 Å². The number of rotatable bonds is 0. The molecule has 1 N–H and O–H groups in total. The maximum atomic E-state index is 12.4. The van der Waals surface area contributed by atoms with Gasteiger partial charge in [0.2, 0.25) is 5.43 Å². The average molecular weight is 228 g/mol. The first kappa shape index (κ1) is 10.7. The Morgan fingerprint density at radius 2 is 2.00 bits per heavy atom. The van der Waals surface area contributed by atoms with Gasteiger partial charge in [-0.2, -0.15) is 13.2 Å². The second kappa shape index (κ2) is 3.33. The quantitative estimate of drug-likeness (QED) is 0.751. The molecule has 2 heterocycles. The average Bonchev–Trinajstić information content (AvgIpc) is 2.17. The van der Waals surface area contributed by atoms with E-state index in [0.29, 0.717) is 11.8 Å². The molecule has 0 aliphatic rings. The van der Waals surface area contributed by atoms with Crippen molar-refractivity contribution in [3.8, 4) is 0 Å². The highest BCUT2D eigenvalue weighted by Gasteiger charge is 2.32. The fourth-order valence-corrected chi connectivity index (χ4v) is 1.38. The van der Waals surface area contributed by atoms with Gasteiger partial charge in [-0.05, 0) is 19.1 Å². The number of nitrogens with zero attached hydrogens (tertiary/aromatic N) is 1. The van der Waals surface area contributed by atoms with Gasteiger partial charge in [0.1, 0.15) is 11.2 Å². The predicted molar refractivity (Wildman–Crippen MR) is 52.1 cm³/mol. The molecule has 2 aromatic rings. The molecule has 0 spiro atoms. The lowest BCUT2D eigenvalue weighted by molar-refractivity contribution is -0.141. The number of fused-ring (bicyclic) bond motifs is 1. The van der Waals surface area contributed by atoms with Gasteiger partial charge in [-0.15, -0.1) is 0 Å². The number of pyridine rings is 2. The molecular weight excluding hydrogens is 221 g/mol. The molecule has 0 amide bonds. The molecular formula is C10H7F3N2O. The van der Waals surface area contributed by atoms with Crippen LogP contribution in [0, 0.1) is 6.92 Å². The van der Waals surface area contributed by atoms with Gasteiger partial charge in [0, 0.05) is 11.8 Å². The molecule has 0 aromatic carbocycles. The SMILES string of the molecule is Cc1ccc2[nH]c(C(F)(F)F)cc(=O)c2n1. The summed E-state index contributed by atoms with van der Waals surface area (Å²) in [5.74, 6) is 0. The normalized spacial score (nSPS) is 12.0. The second-order valence-corrected chi connectivity index (χ2v) is 3.39. The predicted octanol–water partition coefficient (Wildman–Crippen LogP) is 2.25. The summed E-state index contributed by atoms with van der Waals surface area (Å²) in [6.45, 7) is 1.66. The van der Waals surface area contributed by atoms with Gasteiger partial charge in [-0.3, -0.25) is 4.79 Å². The minimum Gasteiger partial charge on any atom is -0.350 e. The summed E-state index contributed by atoms with van der Waals surface area (Å²) in [7, 11) is 0. The van der Waals surface area contributed by atoms with Crippen molar-refractivity contribution in [2.24, 2.45) is 0 Å². The summed E-state index contributed by atoms with van der Waals surface area (Å²) in [5, 5.41) is 0. The van der Waals surface area contributed by atoms with Gasteiger partial charge < -0.3 is 4.98 Å². The number of hydrogen-bond donors (Lipinski definition) is 1. The standard InChI is InChI=1S/C10H7F3N2O/c1-5-2-3-6-9(14-5)7(16)4-8(15-6)10(11,12)13/h2-4H,1H3,(H,15,16). The molecule has 2 rings (SSSR count). The number of H-pyrrole nitrogens is 1. The van der Waals surface area contributed by atoms with Crippen molar-refractivity contribution in [2.75, 3.05) is 0 Å². The first-order valence-electron chi connectivity index (χ1n) is 4.46. The van der Waals surface area contributed by atoms with Gasteiger partial charge in [0.15, 0.2) is 0 Å².